The lowest BCUT2D eigenvalue weighted by atomic mass is 10.1. The highest BCUT2D eigenvalue weighted by molar-refractivity contribution is 5.18. The van der Waals surface area contributed by atoms with E-state index in [-0.39, 0.29) is 6.04 Å². The van der Waals surface area contributed by atoms with Crippen molar-refractivity contribution >= 4 is 0 Å². The molecule has 3 aromatic rings. The molecule has 0 fully saturated rings. The van der Waals surface area contributed by atoms with E-state index in [1.54, 1.807) is 0 Å². The standard InChI is InChI=1S/C21H25N3O/c1-16(13-14-18-9-5-3-6-10-18)22-17(2)21-23-20(24-25-21)15-19-11-7-4-8-12-19/h3-12,16-17,22H,13-15H2,1-2H3. The van der Waals surface area contributed by atoms with Gasteiger partial charge in [-0.25, -0.2) is 0 Å². The van der Waals surface area contributed by atoms with Gasteiger partial charge in [0.2, 0.25) is 5.89 Å². The lowest BCUT2D eigenvalue weighted by Crippen LogP contribution is -2.29. The van der Waals surface area contributed by atoms with Gasteiger partial charge in [0.15, 0.2) is 5.82 Å². The molecule has 0 radical (unpaired) electrons. The van der Waals surface area contributed by atoms with Gasteiger partial charge in [-0.05, 0) is 37.8 Å². The van der Waals surface area contributed by atoms with Crippen LogP contribution in [0, 0.1) is 0 Å². The number of nitrogens with one attached hydrogen (secondary N) is 1. The first-order valence-electron chi connectivity index (χ1n) is 8.87. The predicted molar refractivity (Wildman–Crippen MR) is 99.3 cm³/mol. The zero-order valence-corrected chi connectivity index (χ0v) is 14.9. The molecule has 1 aromatic heterocycles. The molecule has 4 heteroatoms. The van der Waals surface area contributed by atoms with Crippen LogP contribution < -0.4 is 5.32 Å². The molecule has 2 unspecified atom stereocenters. The quantitative estimate of drug-likeness (QED) is 0.665. The summed E-state index contributed by atoms with van der Waals surface area (Å²) in [6.45, 7) is 4.26. The average molecular weight is 335 g/mol. The van der Waals surface area contributed by atoms with Gasteiger partial charge in [-0.1, -0.05) is 65.8 Å². The SMILES string of the molecule is CC(CCc1ccccc1)NC(C)c1nc(Cc2ccccc2)no1. The van der Waals surface area contributed by atoms with E-state index in [0.717, 1.165) is 18.7 Å². The van der Waals surface area contributed by atoms with Crippen molar-refractivity contribution in [2.75, 3.05) is 0 Å². The van der Waals surface area contributed by atoms with Crippen molar-refractivity contribution in [3.63, 3.8) is 0 Å². The zero-order valence-electron chi connectivity index (χ0n) is 14.9. The van der Waals surface area contributed by atoms with Gasteiger partial charge in [0.1, 0.15) is 0 Å². The Morgan fingerprint density at radius 3 is 2.24 bits per heavy atom. The van der Waals surface area contributed by atoms with Crippen molar-refractivity contribution in [2.24, 2.45) is 0 Å². The second-order valence-corrected chi connectivity index (χ2v) is 6.52. The molecular formula is C21H25N3O. The smallest absolute Gasteiger partial charge is 0.243 e. The molecule has 0 aliphatic rings. The molecule has 0 aliphatic carbocycles. The summed E-state index contributed by atoms with van der Waals surface area (Å²) in [7, 11) is 0. The Kier molecular flexibility index (Phi) is 5.96. The van der Waals surface area contributed by atoms with Gasteiger partial charge >= 0.3 is 0 Å². The maximum atomic E-state index is 5.44. The Morgan fingerprint density at radius 1 is 0.920 bits per heavy atom. The molecule has 25 heavy (non-hydrogen) atoms. The van der Waals surface area contributed by atoms with Gasteiger partial charge < -0.3 is 9.84 Å². The molecule has 1 heterocycles. The Morgan fingerprint density at radius 2 is 1.56 bits per heavy atom. The molecule has 0 saturated heterocycles. The Bertz CT molecular complexity index is 755. The van der Waals surface area contributed by atoms with E-state index >= 15 is 0 Å². The molecule has 2 atom stereocenters. The van der Waals surface area contributed by atoms with Crippen LogP contribution in [0.5, 0.6) is 0 Å². The van der Waals surface area contributed by atoms with E-state index < -0.39 is 0 Å². The van der Waals surface area contributed by atoms with Crippen molar-refractivity contribution in [2.45, 2.75) is 45.2 Å². The lowest BCUT2D eigenvalue weighted by molar-refractivity contribution is 0.321. The summed E-state index contributed by atoms with van der Waals surface area (Å²) in [5.74, 6) is 1.38. The van der Waals surface area contributed by atoms with Crippen LogP contribution in [0.1, 0.15) is 49.2 Å². The Hall–Kier alpha value is -2.46. The number of rotatable bonds is 8. The van der Waals surface area contributed by atoms with E-state index in [1.807, 2.05) is 18.2 Å². The third-order valence-corrected chi connectivity index (χ3v) is 4.30. The van der Waals surface area contributed by atoms with Crippen molar-refractivity contribution in [3.8, 4) is 0 Å². The minimum Gasteiger partial charge on any atom is -0.338 e. The van der Waals surface area contributed by atoms with E-state index in [0.29, 0.717) is 18.4 Å². The zero-order chi connectivity index (χ0) is 17.5. The van der Waals surface area contributed by atoms with Gasteiger partial charge in [-0.2, -0.15) is 4.98 Å². The molecule has 0 bridgehead atoms. The number of aryl methyl sites for hydroxylation is 1. The number of hydrogen-bond donors (Lipinski definition) is 1. The first kappa shape index (κ1) is 17.4. The number of benzene rings is 2. The minimum atomic E-state index is 0.0443. The Labute approximate surface area is 149 Å². The molecule has 0 amide bonds. The number of hydrogen-bond acceptors (Lipinski definition) is 4. The van der Waals surface area contributed by atoms with E-state index in [4.69, 9.17) is 4.52 Å². The highest BCUT2D eigenvalue weighted by Gasteiger charge is 2.16. The molecule has 4 nitrogen and oxygen atoms in total. The van der Waals surface area contributed by atoms with Gasteiger partial charge in [0.05, 0.1) is 6.04 Å². The molecular weight excluding hydrogens is 310 g/mol. The maximum Gasteiger partial charge on any atom is 0.243 e. The summed E-state index contributed by atoms with van der Waals surface area (Å²) in [5, 5.41) is 7.65. The fourth-order valence-electron chi connectivity index (χ4n) is 2.90. The molecule has 0 saturated carbocycles. The second kappa shape index (κ2) is 8.58. The largest absolute Gasteiger partial charge is 0.338 e. The van der Waals surface area contributed by atoms with Crippen LogP contribution in [0.25, 0.3) is 0 Å². The summed E-state index contributed by atoms with van der Waals surface area (Å²) in [4.78, 5) is 4.54. The summed E-state index contributed by atoms with van der Waals surface area (Å²) in [6, 6.07) is 21.2. The first-order chi connectivity index (χ1) is 12.2. The van der Waals surface area contributed by atoms with Crippen LogP contribution in [0.15, 0.2) is 65.2 Å². The number of nitrogens with zero attached hydrogens (tertiary/aromatic N) is 2. The molecule has 3 rings (SSSR count). The minimum absolute atomic E-state index is 0.0443. The number of aromatic nitrogens is 2. The monoisotopic (exact) mass is 335 g/mol. The van der Waals surface area contributed by atoms with Crippen LogP contribution in [0.4, 0.5) is 0 Å². The first-order valence-corrected chi connectivity index (χ1v) is 8.87. The molecule has 0 aliphatic heterocycles. The van der Waals surface area contributed by atoms with E-state index in [9.17, 15) is 0 Å². The topological polar surface area (TPSA) is 51.0 Å². The Balaban J connectivity index is 1.50. The van der Waals surface area contributed by atoms with Crippen LogP contribution in [-0.4, -0.2) is 16.2 Å². The van der Waals surface area contributed by atoms with Crippen molar-refractivity contribution in [3.05, 3.63) is 83.5 Å². The summed E-state index contributed by atoms with van der Waals surface area (Å²) >= 11 is 0. The van der Waals surface area contributed by atoms with Crippen LogP contribution in [-0.2, 0) is 12.8 Å². The van der Waals surface area contributed by atoms with Gasteiger partial charge in [0.25, 0.3) is 0 Å². The highest BCUT2D eigenvalue weighted by atomic mass is 16.5. The highest BCUT2D eigenvalue weighted by Crippen LogP contribution is 2.14. The average Bonchev–Trinajstić information content (AvgIpc) is 3.10. The lowest BCUT2D eigenvalue weighted by Gasteiger charge is -2.17. The third-order valence-electron chi connectivity index (χ3n) is 4.30. The van der Waals surface area contributed by atoms with E-state index in [2.05, 4.69) is 71.8 Å². The normalized spacial score (nSPS) is 13.5. The summed E-state index contributed by atoms with van der Waals surface area (Å²) < 4.78 is 5.44. The van der Waals surface area contributed by atoms with Gasteiger partial charge in [0, 0.05) is 12.5 Å². The van der Waals surface area contributed by atoms with Crippen LogP contribution >= 0.6 is 0 Å². The fourth-order valence-corrected chi connectivity index (χ4v) is 2.90. The fraction of sp³-hybridized carbons (Fsp3) is 0.333. The van der Waals surface area contributed by atoms with Crippen LogP contribution in [0.3, 0.4) is 0 Å². The van der Waals surface area contributed by atoms with Crippen molar-refractivity contribution in [1.82, 2.24) is 15.5 Å². The molecule has 130 valence electrons. The summed E-state index contributed by atoms with van der Waals surface area (Å²) in [6.07, 6.45) is 2.82. The summed E-state index contributed by atoms with van der Waals surface area (Å²) in [5.41, 5.74) is 2.55. The van der Waals surface area contributed by atoms with E-state index in [1.165, 1.54) is 11.1 Å². The third kappa shape index (κ3) is 5.26. The molecule has 0 spiro atoms. The predicted octanol–water partition coefficient (Wildman–Crippen LogP) is 4.33. The van der Waals surface area contributed by atoms with Gasteiger partial charge in [-0.15, -0.1) is 0 Å². The van der Waals surface area contributed by atoms with Crippen LogP contribution in [0.2, 0.25) is 0 Å². The second-order valence-electron chi connectivity index (χ2n) is 6.52. The molecule has 1 N–H and O–H groups in total. The molecule has 2 aromatic carbocycles. The van der Waals surface area contributed by atoms with Crippen molar-refractivity contribution < 1.29 is 4.52 Å². The van der Waals surface area contributed by atoms with Crippen molar-refractivity contribution in [1.29, 1.82) is 0 Å². The maximum absolute atomic E-state index is 5.44. The van der Waals surface area contributed by atoms with Gasteiger partial charge in [-0.3, -0.25) is 0 Å².